The second kappa shape index (κ2) is 6.66. The Morgan fingerprint density at radius 3 is 2.37 bits per heavy atom. The Kier molecular flexibility index (Phi) is 4.44. The fraction of sp³-hybridized carbons (Fsp3) is 0.571. The molecular formula is C21H26N2O4. The molecule has 2 aliphatic carbocycles. The second-order valence-electron chi connectivity index (χ2n) is 8.31. The first-order valence-corrected chi connectivity index (χ1v) is 9.85. The molecule has 2 saturated carbocycles. The largest absolute Gasteiger partial charge is 0.392 e. The second-order valence-corrected chi connectivity index (χ2v) is 8.31. The van der Waals surface area contributed by atoms with Crippen LogP contribution in [0.5, 0.6) is 0 Å². The number of esters is 2. The molecule has 1 aliphatic heterocycles. The Morgan fingerprint density at radius 2 is 1.78 bits per heavy atom. The summed E-state index contributed by atoms with van der Waals surface area (Å²) in [6.45, 7) is 5.10. The van der Waals surface area contributed by atoms with E-state index in [1.807, 2.05) is 38.1 Å². The number of benzene rings is 1. The highest BCUT2D eigenvalue weighted by Gasteiger charge is 2.60. The van der Waals surface area contributed by atoms with Crippen LogP contribution in [0, 0.1) is 11.3 Å². The minimum absolute atomic E-state index is 0.110. The molecule has 2 fully saturated rings. The van der Waals surface area contributed by atoms with Gasteiger partial charge < -0.3 is 14.5 Å². The quantitative estimate of drug-likeness (QED) is 0.589. The van der Waals surface area contributed by atoms with E-state index in [2.05, 4.69) is 4.90 Å². The predicted octanol–water partition coefficient (Wildman–Crippen LogP) is 2.90. The number of hydrogen-bond donors (Lipinski definition) is 0. The fourth-order valence-corrected chi connectivity index (χ4v) is 3.83. The minimum atomic E-state index is -1.18. The summed E-state index contributed by atoms with van der Waals surface area (Å²) in [4.78, 5) is 41.8. The lowest BCUT2D eigenvalue weighted by Crippen LogP contribution is -2.49. The highest BCUT2D eigenvalue weighted by Crippen LogP contribution is 2.50. The van der Waals surface area contributed by atoms with E-state index in [-0.39, 0.29) is 18.2 Å². The summed E-state index contributed by atoms with van der Waals surface area (Å²) in [6.07, 6.45) is 3.46. The molecule has 6 nitrogen and oxygen atoms in total. The monoisotopic (exact) mass is 370 g/mol. The molecule has 0 spiro atoms. The predicted molar refractivity (Wildman–Crippen MR) is 101 cm³/mol. The lowest BCUT2D eigenvalue weighted by atomic mass is 10.0. The van der Waals surface area contributed by atoms with Crippen LogP contribution in [0.3, 0.4) is 0 Å². The van der Waals surface area contributed by atoms with Crippen molar-refractivity contribution in [3.05, 3.63) is 24.3 Å². The molecule has 1 aromatic rings. The van der Waals surface area contributed by atoms with Crippen molar-refractivity contribution in [3.63, 3.8) is 0 Å². The number of amides is 1. The Balaban J connectivity index is 1.53. The van der Waals surface area contributed by atoms with Gasteiger partial charge in [0.1, 0.15) is 5.41 Å². The van der Waals surface area contributed by atoms with Crippen LogP contribution >= 0.6 is 0 Å². The molecule has 4 rings (SSSR count). The number of nitrogens with zero attached hydrogens (tertiary/aromatic N) is 2. The van der Waals surface area contributed by atoms with Crippen molar-refractivity contribution < 1.29 is 19.1 Å². The van der Waals surface area contributed by atoms with Crippen molar-refractivity contribution >= 4 is 29.2 Å². The number of ether oxygens (including phenoxy) is 1. The lowest BCUT2D eigenvalue weighted by molar-refractivity contribution is -0.165. The van der Waals surface area contributed by atoms with Crippen LogP contribution in [0.25, 0.3) is 0 Å². The summed E-state index contributed by atoms with van der Waals surface area (Å²) >= 11 is 0. The van der Waals surface area contributed by atoms with Crippen molar-refractivity contribution in [1.82, 2.24) is 0 Å². The van der Waals surface area contributed by atoms with E-state index >= 15 is 0 Å². The highest BCUT2D eigenvalue weighted by atomic mass is 16.6. The van der Waals surface area contributed by atoms with Crippen LogP contribution in [0.1, 0.15) is 46.0 Å². The van der Waals surface area contributed by atoms with Gasteiger partial charge in [0.25, 0.3) is 0 Å². The Hall–Kier alpha value is -2.37. The fourth-order valence-electron chi connectivity index (χ4n) is 3.83. The maximum Gasteiger partial charge on any atom is 0.329 e. The van der Waals surface area contributed by atoms with Crippen LogP contribution in [0.15, 0.2) is 24.3 Å². The van der Waals surface area contributed by atoms with Crippen molar-refractivity contribution in [2.75, 3.05) is 22.9 Å². The molecule has 0 saturated heterocycles. The molecule has 0 atom stereocenters. The van der Waals surface area contributed by atoms with E-state index in [0.29, 0.717) is 25.4 Å². The Morgan fingerprint density at radius 1 is 1.11 bits per heavy atom. The molecule has 27 heavy (non-hydrogen) atoms. The molecule has 0 N–H and O–H groups in total. The van der Waals surface area contributed by atoms with E-state index in [1.165, 1.54) is 12.8 Å². The van der Waals surface area contributed by atoms with Gasteiger partial charge in [-0.2, -0.15) is 0 Å². The van der Waals surface area contributed by atoms with Crippen LogP contribution in [-0.2, 0) is 19.1 Å². The van der Waals surface area contributed by atoms with Crippen molar-refractivity contribution in [1.29, 1.82) is 0 Å². The van der Waals surface area contributed by atoms with Gasteiger partial charge in [-0.3, -0.25) is 14.4 Å². The zero-order valence-corrected chi connectivity index (χ0v) is 15.9. The molecular weight excluding hydrogens is 344 g/mol. The average Bonchev–Trinajstić information content (AvgIpc) is 3.53. The summed E-state index contributed by atoms with van der Waals surface area (Å²) in [5, 5.41) is 0. The highest BCUT2D eigenvalue weighted by molar-refractivity contribution is 6.15. The Labute approximate surface area is 159 Å². The van der Waals surface area contributed by atoms with Gasteiger partial charge in [-0.25, -0.2) is 0 Å². The number of anilines is 2. The van der Waals surface area contributed by atoms with E-state index in [0.717, 1.165) is 17.9 Å². The van der Waals surface area contributed by atoms with E-state index < -0.39 is 17.4 Å². The van der Waals surface area contributed by atoms with Gasteiger partial charge in [0.05, 0.1) is 11.4 Å². The third-order valence-corrected chi connectivity index (χ3v) is 5.61. The van der Waals surface area contributed by atoms with Crippen molar-refractivity contribution in [2.24, 2.45) is 11.3 Å². The summed E-state index contributed by atoms with van der Waals surface area (Å²) in [5.41, 5.74) is 0.731. The lowest BCUT2D eigenvalue weighted by Gasteiger charge is -2.39. The zero-order valence-electron chi connectivity index (χ0n) is 15.9. The first kappa shape index (κ1) is 18.0. The van der Waals surface area contributed by atoms with Crippen molar-refractivity contribution in [3.8, 4) is 0 Å². The normalized spacial score (nSPS) is 20.3. The molecule has 0 unspecified atom stereocenters. The molecule has 6 heteroatoms. The number of carbonyl (C=O) groups excluding carboxylic acids is 3. The van der Waals surface area contributed by atoms with Gasteiger partial charge in [0, 0.05) is 25.6 Å². The molecule has 144 valence electrons. The Bertz CT molecular complexity index is 780. The van der Waals surface area contributed by atoms with Crippen LogP contribution in [0.2, 0.25) is 0 Å². The average molecular weight is 370 g/mol. The molecule has 0 radical (unpaired) electrons. The van der Waals surface area contributed by atoms with Gasteiger partial charge in [-0.15, -0.1) is 0 Å². The zero-order chi connectivity index (χ0) is 19.2. The van der Waals surface area contributed by atoms with Crippen molar-refractivity contribution in [2.45, 2.75) is 52.0 Å². The first-order chi connectivity index (χ1) is 12.9. The van der Waals surface area contributed by atoms with Gasteiger partial charge in [0.15, 0.2) is 0 Å². The number of fused-ring (bicyclic) bond motifs is 1. The number of hydrogen-bond acceptors (Lipinski definition) is 5. The topological polar surface area (TPSA) is 66.9 Å². The maximum atomic E-state index is 13.3. The van der Waals surface area contributed by atoms with Gasteiger partial charge >= 0.3 is 11.9 Å². The molecule has 1 amide bonds. The minimum Gasteiger partial charge on any atom is -0.392 e. The standard InChI is InChI=1S/C21H26N2O4/c1-14(2)13-18(24)27-20(26)21(9-10-21)19(25)23-12-11-22(15-7-8-15)16-5-3-4-6-17(16)23/h3-6,14-15H,7-13H2,1-2H3. The third kappa shape index (κ3) is 3.33. The SMILES string of the molecule is CC(C)CC(=O)OC(=O)C1(C(=O)N2CCN(C3CC3)c3ccccc32)CC1. The van der Waals surface area contributed by atoms with Gasteiger partial charge in [-0.05, 0) is 43.7 Å². The van der Waals surface area contributed by atoms with Gasteiger partial charge in [0.2, 0.25) is 5.91 Å². The molecule has 1 heterocycles. The first-order valence-electron chi connectivity index (χ1n) is 9.85. The summed E-state index contributed by atoms with van der Waals surface area (Å²) in [7, 11) is 0. The van der Waals surface area contributed by atoms with Crippen LogP contribution in [-0.4, -0.2) is 37.0 Å². The van der Waals surface area contributed by atoms with E-state index in [4.69, 9.17) is 4.74 Å². The number of carbonyl (C=O) groups is 3. The molecule has 0 aromatic heterocycles. The van der Waals surface area contributed by atoms with E-state index in [9.17, 15) is 14.4 Å². The smallest absolute Gasteiger partial charge is 0.329 e. The molecule has 3 aliphatic rings. The maximum absolute atomic E-state index is 13.3. The van der Waals surface area contributed by atoms with Gasteiger partial charge in [-0.1, -0.05) is 26.0 Å². The van der Waals surface area contributed by atoms with Crippen LogP contribution in [0.4, 0.5) is 11.4 Å². The third-order valence-electron chi connectivity index (χ3n) is 5.61. The molecule has 1 aromatic carbocycles. The summed E-state index contributed by atoms with van der Waals surface area (Å²) in [5.74, 6) is -1.35. The van der Waals surface area contributed by atoms with Crippen LogP contribution < -0.4 is 9.80 Å². The molecule has 0 bridgehead atoms. The number of rotatable bonds is 5. The summed E-state index contributed by atoms with van der Waals surface area (Å²) in [6, 6.07) is 8.44. The number of para-hydroxylation sites is 2. The summed E-state index contributed by atoms with van der Waals surface area (Å²) < 4.78 is 5.02. The van der Waals surface area contributed by atoms with E-state index in [1.54, 1.807) is 4.90 Å².